The molecule has 1 heterocycles. The Kier molecular flexibility index (Phi) is 4.78. The number of hydrogen-bond donors (Lipinski definition) is 3. The molecule has 0 aliphatic rings. The van der Waals surface area contributed by atoms with Crippen LogP contribution in [0.5, 0.6) is 0 Å². The van der Waals surface area contributed by atoms with Gasteiger partial charge < -0.3 is 16.2 Å². The van der Waals surface area contributed by atoms with E-state index in [4.69, 9.17) is 10.8 Å². The molecule has 0 saturated heterocycles. The molecule has 1 aromatic heterocycles. The third-order valence-corrected chi connectivity index (χ3v) is 2.86. The van der Waals surface area contributed by atoms with Gasteiger partial charge in [-0.2, -0.15) is 0 Å². The van der Waals surface area contributed by atoms with Crippen LogP contribution in [0.25, 0.3) is 0 Å². The molecule has 4 nitrogen and oxygen atoms in total. The summed E-state index contributed by atoms with van der Waals surface area (Å²) in [6.07, 6.45) is -4.74. The molecule has 0 aliphatic carbocycles. The first-order valence-corrected chi connectivity index (χ1v) is 5.43. The van der Waals surface area contributed by atoms with Crippen molar-refractivity contribution in [2.75, 3.05) is 6.54 Å². The number of amides is 1. The van der Waals surface area contributed by atoms with Crippen molar-refractivity contribution in [1.82, 2.24) is 5.32 Å². The number of nitrogens with two attached hydrogens (primary N) is 1. The quantitative estimate of drug-likeness (QED) is 0.712. The molecule has 1 aromatic rings. The predicted octanol–water partition coefficient (Wildman–Crippen LogP) is 0.490. The van der Waals surface area contributed by atoms with Gasteiger partial charge in [-0.3, -0.25) is 4.79 Å². The van der Waals surface area contributed by atoms with E-state index in [0.29, 0.717) is 4.88 Å². The molecule has 1 amide bonds. The van der Waals surface area contributed by atoms with Gasteiger partial charge >= 0.3 is 0 Å². The maximum atomic E-state index is 11.9. The van der Waals surface area contributed by atoms with E-state index in [1.54, 1.807) is 17.5 Å². The SMILES string of the molecule is NC(C(=O)NCC(O)C(F)F)c1cccs1. The van der Waals surface area contributed by atoms with Crippen LogP contribution >= 0.6 is 11.3 Å². The topological polar surface area (TPSA) is 75.4 Å². The molecule has 2 atom stereocenters. The number of hydrogen-bond acceptors (Lipinski definition) is 4. The minimum Gasteiger partial charge on any atom is -0.385 e. The van der Waals surface area contributed by atoms with Crippen molar-refractivity contribution in [2.45, 2.75) is 18.6 Å². The zero-order valence-corrected chi connectivity index (χ0v) is 9.08. The van der Waals surface area contributed by atoms with Gasteiger partial charge in [0.15, 0.2) is 0 Å². The predicted molar refractivity (Wildman–Crippen MR) is 56.3 cm³/mol. The summed E-state index contributed by atoms with van der Waals surface area (Å²) in [6, 6.07) is 2.53. The van der Waals surface area contributed by atoms with E-state index in [2.05, 4.69) is 5.32 Å². The highest BCUT2D eigenvalue weighted by Gasteiger charge is 2.21. The number of rotatable bonds is 5. The Morgan fingerprint density at radius 1 is 1.62 bits per heavy atom. The summed E-state index contributed by atoms with van der Waals surface area (Å²) in [5, 5.41) is 12.7. The highest BCUT2D eigenvalue weighted by atomic mass is 32.1. The summed E-state index contributed by atoms with van der Waals surface area (Å²) < 4.78 is 23.8. The van der Waals surface area contributed by atoms with Crippen LogP contribution in [-0.4, -0.2) is 30.1 Å². The van der Waals surface area contributed by atoms with Crippen LogP contribution in [0, 0.1) is 0 Å². The van der Waals surface area contributed by atoms with Gasteiger partial charge in [0, 0.05) is 11.4 Å². The number of halogens is 2. The molecule has 0 fully saturated rings. The number of aliphatic hydroxyl groups is 1. The average Bonchev–Trinajstić information content (AvgIpc) is 2.77. The molecule has 0 aromatic carbocycles. The van der Waals surface area contributed by atoms with E-state index in [9.17, 15) is 13.6 Å². The van der Waals surface area contributed by atoms with E-state index in [-0.39, 0.29) is 0 Å². The Labute approximate surface area is 95.1 Å². The van der Waals surface area contributed by atoms with Gasteiger partial charge in [-0.1, -0.05) is 6.07 Å². The summed E-state index contributed by atoms with van der Waals surface area (Å²) >= 11 is 1.30. The number of aliphatic hydroxyl groups excluding tert-OH is 1. The number of nitrogens with one attached hydrogen (secondary N) is 1. The van der Waals surface area contributed by atoms with Gasteiger partial charge in [0.1, 0.15) is 12.1 Å². The molecule has 0 bridgehead atoms. The molecule has 90 valence electrons. The van der Waals surface area contributed by atoms with Crippen molar-refractivity contribution in [3.63, 3.8) is 0 Å². The molecule has 2 unspecified atom stereocenters. The lowest BCUT2D eigenvalue weighted by Crippen LogP contribution is -2.40. The number of carbonyl (C=O) groups excluding carboxylic acids is 1. The molecule has 16 heavy (non-hydrogen) atoms. The Hall–Kier alpha value is -1.05. The van der Waals surface area contributed by atoms with E-state index >= 15 is 0 Å². The monoisotopic (exact) mass is 250 g/mol. The normalized spacial score (nSPS) is 14.8. The smallest absolute Gasteiger partial charge is 0.265 e. The Balaban J connectivity index is 2.41. The van der Waals surface area contributed by atoms with Gasteiger partial charge in [0.2, 0.25) is 5.91 Å². The summed E-state index contributed by atoms with van der Waals surface area (Å²) in [7, 11) is 0. The van der Waals surface area contributed by atoms with Crippen molar-refractivity contribution in [3.05, 3.63) is 22.4 Å². The fourth-order valence-electron chi connectivity index (χ4n) is 1.00. The zero-order chi connectivity index (χ0) is 12.1. The van der Waals surface area contributed by atoms with E-state index in [1.807, 2.05) is 0 Å². The lowest BCUT2D eigenvalue weighted by atomic mass is 10.2. The molecular formula is C9H12F2N2O2S. The maximum Gasteiger partial charge on any atom is 0.265 e. The van der Waals surface area contributed by atoms with Crippen LogP contribution in [0.2, 0.25) is 0 Å². The van der Waals surface area contributed by atoms with E-state index in [1.165, 1.54) is 11.3 Å². The molecule has 7 heteroatoms. The maximum absolute atomic E-state index is 11.9. The van der Waals surface area contributed by atoms with Crippen LogP contribution < -0.4 is 11.1 Å². The largest absolute Gasteiger partial charge is 0.385 e. The second-order valence-corrected chi connectivity index (χ2v) is 4.12. The minimum atomic E-state index is -2.88. The molecule has 0 radical (unpaired) electrons. The third kappa shape index (κ3) is 3.51. The molecule has 1 rings (SSSR count). The lowest BCUT2D eigenvalue weighted by Gasteiger charge is -2.13. The minimum absolute atomic E-state index is 0.504. The fourth-order valence-corrected chi connectivity index (χ4v) is 1.73. The first kappa shape index (κ1) is 13.0. The molecule has 0 spiro atoms. The molecule has 0 aliphatic heterocycles. The highest BCUT2D eigenvalue weighted by Crippen LogP contribution is 2.16. The second-order valence-electron chi connectivity index (χ2n) is 3.14. The Morgan fingerprint density at radius 3 is 2.81 bits per heavy atom. The Bertz CT molecular complexity index is 332. The first-order valence-electron chi connectivity index (χ1n) is 4.55. The standard InChI is InChI=1S/C9H12F2N2O2S/c10-8(11)5(14)4-13-9(15)7(12)6-2-1-3-16-6/h1-3,5,7-8,14H,4,12H2,(H,13,15). The highest BCUT2D eigenvalue weighted by molar-refractivity contribution is 7.10. The number of carbonyl (C=O) groups is 1. The first-order chi connectivity index (χ1) is 7.52. The van der Waals surface area contributed by atoms with Crippen LogP contribution in [0.1, 0.15) is 10.9 Å². The zero-order valence-electron chi connectivity index (χ0n) is 8.27. The van der Waals surface area contributed by atoms with Crippen molar-refractivity contribution < 1.29 is 18.7 Å². The van der Waals surface area contributed by atoms with Crippen LogP contribution in [0.3, 0.4) is 0 Å². The lowest BCUT2D eigenvalue weighted by molar-refractivity contribution is -0.123. The number of thiophene rings is 1. The second kappa shape index (κ2) is 5.88. The van der Waals surface area contributed by atoms with Crippen LogP contribution in [0.4, 0.5) is 8.78 Å². The van der Waals surface area contributed by atoms with Crippen LogP contribution in [-0.2, 0) is 4.79 Å². The van der Waals surface area contributed by atoms with E-state index in [0.717, 1.165) is 0 Å². The van der Waals surface area contributed by atoms with Crippen molar-refractivity contribution >= 4 is 17.2 Å². The van der Waals surface area contributed by atoms with Crippen LogP contribution in [0.15, 0.2) is 17.5 Å². The number of alkyl halides is 2. The van der Waals surface area contributed by atoms with Gasteiger partial charge in [-0.05, 0) is 11.4 Å². The summed E-state index contributed by atoms with van der Waals surface area (Å²) in [4.78, 5) is 12.0. The van der Waals surface area contributed by atoms with Gasteiger partial charge in [-0.15, -0.1) is 11.3 Å². The van der Waals surface area contributed by atoms with Crippen molar-refractivity contribution in [1.29, 1.82) is 0 Å². The summed E-state index contributed by atoms with van der Waals surface area (Å²) in [5.74, 6) is -0.581. The Morgan fingerprint density at radius 2 is 2.31 bits per heavy atom. The van der Waals surface area contributed by atoms with Crippen molar-refractivity contribution in [3.8, 4) is 0 Å². The molecule has 0 saturated carbocycles. The molecular weight excluding hydrogens is 238 g/mol. The van der Waals surface area contributed by atoms with Gasteiger partial charge in [0.25, 0.3) is 6.43 Å². The summed E-state index contributed by atoms with van der Waals surface area (Å²) in [6.45, 7) is -0.504. The van der Waals surface area contributed by atoms with Gasteiger partial charge in [0.05, 0.1) is 0 Å². The van der Waals surface area contributed by atoms with Crippen molar-refractivity contribution in [2.24, 2.45) is 5.73 Å². The van der Waals surface area contributed by atoms with Gasteiger partial charge in [-0.25, -0.2) is 8.78 Å². The average molecular weight is 250 g/mol. The third-order valence-electron chi connectivity index (χ3n) is 1.91. The summed E-state index contributed by atoms with van der Waals surface area (Å²) in [5.41, 5.74) is 5.57. The molecule has 4 N–H and O–H groups in total. The van der Waals surface area contributed by atoms with E-state index < -0.39 is 31.0 Å². The fraction of sp³-hybridized carbons (Fsp3) is 0.444.